The van der Waals surface area contributed by atoms with E-state index in [1.54, 1.807) is 36.4 Å². The van der Waals surface area contributed by atoms with Gasteiger partial charge in [-0.25, -0.2) is 4.98 Å². The average Bonchev–Trinajstić information content (AvgIpc) is 3.04. The molecule has 0 aliphatic rings. The maximum Gasteiger partial charge on any atom is 0.269 e. The Morgan fingerprint density at radius 3 is 2.62 bits per heavy atom. The Morgan fingerprint density at radius 2 is 1.96 bits per heavy atom. The van der Waals surface area contributed by atoms with Crippen LogP contribution in [-0.2, 0) is 4.79 Å². The van der Waals surface area contributed by atoms with Crippen molar-refractivity contribution >= 4 is 34.5 Å². The fourth-order valence-electron chi connectivity index (χ4n) is 2.33. The van der Waals surface area contributed by atoms with Crippen LogP contribution in [0.2, 0.25) is 0 Å². The number of nitro benzene ring substituents is 1. The molecule has 0 saturated carbocycles. The zero-order valence-electron chi connectivity index (χ0n) is 14.3. The van der Waals surface area contributed by atoms with Crippen LogP contribution in [0.1, 0.15) is 31.2 Å². The minimum atomic E-state index is -0.468. The SMILES string of the molecule is CC(C)c1nc2ccc(NC(=O)/C=C/c3ccc([N+](=O)[O-])cc3)cc2o1. The molecule has 0 aliphatic heterocycles. The molecule has 2 aromatic carbocycles. The smallest absolute Gasteiger partial charge is 0.269 e. The molecule has 7 nitrogen and oxygen atoms in total. The number of non-ortho nitro benzene ring substituents is 1. The van der Waals surface area contributed by atoms with Gasteiger partial charge in [-0.2, -0.15) is 0 Å². The zero-order valence-corrected chi connectivity index (χ0v) is 14.3. The molecule has 1 aromatic heterocycles. The highest BCUT2D eigenvalue weighted by molar-refractivity contribution is 6.02. The number of aromatic nitrogens is 1. The van der Waals surface area contributed by atoms with Crippen LogP contribution in [0.5, 0.6) is 0 Å². The third-order valence-corrected chi connectivity index (χ3v) is 3.70. The van der Waals surface area contributed by atoms with Crippen LogP contribution in [0.15, 0.2) is 53.0 Å². The van der Waals surface area contributed by atoms with Crippen LogP contribution in [0.25, 0.3) is 17.2 Å². The fourth-order valence-corrected chi connectivity index (χ4v) is 2.33. The lowest BCUT2D eigenvalue weighted by atomic mass is 10.2. The van der Waals surface area contributed by atoms with Crippen molar-refractivity contribution in [2.45, 2.75) is 19.8 Å². The summed E-state index contributed by atoms with van der Waals surface area (Å²) in [5.74, 6) is 0.526. The quantitative estimate of drug-likeness (QED) is 0.414. The van der Waals surface area contributed by atoms with Gasteiger partial charge in [0.15, 0.2) is 11.5 Å². The molecule has 1 heterocycles. The number of nitrogens with zero attached hydrogens (tertiary/aromatic N) is 2. The summed E-state index contributed by atoms with van der Waals surface area (Å²) in [7, 11) is 0. The Bertz CT molecular complexity index is 988. The van der Waals surface area contributed by atoms with Crippen molar-refractivity contribution in [1.82, 2.24) is 4.98 Å². The summed E-state index contributed by atoms with van der Waals surface area (Å²) in [6.07, 6.45) is 2.95. The van der Waals surface area contributed by atoms with E-state index in [9.17, 15) is 14.9 Å². The van der Waals surface area contributed by atoms with Gasteiger partial charge >= 0.3 is 0 Å². The Labute approximate surface area is 149 Å². The van der Waals surface area contributed by atoms with E-state index in [1.807, 2.05) is 13.8 Å². The van der Waals surface area contributed by atoms with E-state index in [0.29, 0.717) is 22.7 Å². The lowest BCUT2D eigenvalue weighted by Gasteiger charge is -2.01. The van der Waals surface area contributed by atoms with E-state index in [2.05, 4.69) is 10.3 Å². The van der Waals surface area contributed by atoms with Gasteiger partial charge in [0.2, 0.25) is 5.91 Å². The minimum Gasteiger partial charge on any atom is -0.440 e. The normalized spacial score (nSPS) is 11.3. The number of hydrogen-bond acceptors (Lipinski definition) is 5. The van der Waals surface area contributed by atoms with Crippen molar-refractivity contribution in [2.75, 3.05) is 5.32 Å². The number of carbonyl (C=O) groups excluding carboxylic acids is 1. The number of fused-ring (bicyclic) bond motifs is 1. The van der Waals surface area contributed by atoms with Crippen molar-refractivity contribution in [3.63, 3.8) is 0 Å². The number of oxazole rings is 1. The van der Waals surface area contributed by atoms with E-state index >= 15 is 0 Å². The zero-order chi connectivity index (χ0) is 18.7. The first-order valence-electron chi connectivity index (χ1n) is 8.06. The molecule has 3 aromatic rings. The molecule has 26 heavy (non-hydrogen) atoms. The largest absolute Gasteiger partial charge is 0.440 e. The van der Waals surface area contributed by atoms with Gasteiger partial charge in [0.25, 0.3) is 5.69 Å². The van der Waals surface area contributed by atoms with Crippen LogP contribution < -0.4 is 5.32 Å². The first kappa shape index (κ1) is 17.3. The van der Waals surface area contributed by atoms with Gasteiger partial charge in [0.1, 0.15) is 5.52 Å². The van der Waals surface area contributed by atoms with E-state index in [1.165, 1.54) is 18.2 Å². The molecule has 0 spiro atoms. The van der Waals surface area contributed by atoms with Crippen LogP contribution >= 0.6 is 0 Å². The second-order valence-electron chi connectivity index (χ2n) is 6.06. The maximum atomic E-state index is 12.1. The lowest BCUT2D eigenvalue weighted by molar-refractivity contribution is -0.384. The number of benzene rings is 2. The second kappa shape index (κ2) is 7.18. The second-order valence-corrected chi connectivity index (χ2v) is 6.06. The van der Waals surface area contributed by atoms with Crippen molar-refractivity contribution < 1.29 is 14.1 Å². The number of carbonyl (C=O) groups is 1. The molecule has 1 N–H and O–H groups in total. The van der Waals surface area contributed by atoms with Gasteiger partial charge in [-0.1, -0.05) is 13.8 Å². The summed E-state index contributed by atoms with van der Waals surface area (Å²) >= 11 is 0. The molecule has 0 bridgehead atoms. The van der Waals surface area contributed by atoms with Gasteiger partial charge in [-0.3, -0.25) is 14.9 Å². The predicted molar refractivity (Wildman–Crippen MR) is 98.9 cm³/mol. The lowest BCUT2D eigenvalue weighted by Crippen LogP contribution is -2.07. The monoisotopic (exact) mass is 351 g/mol. The van der Waals surface area contributed by atoms with Gasteiger partial charge in [-0.15, -0.1) is 0 Å². The van der Waals surface area contributed by atoms with Crippen molar-refractivity contribution in [3.05, 3.63) is 70.1 Å². The number of nitrogens with one attached hydrogen (secondary N) is 1. The van der Waals surface area contributed by atoms with E-state index in [-0.39, 0.29) is 17.5 Å². The molecular formula is C19H17N3O4. The van der Waals surface area contributed by atoms with Crippen molar-refractivity contribution in [1.29, 1.82) is 0 Å². The van der Waals surface area contributed by atoms with Crippen molar-refractivity contribution in [3.8, 4) is 0 Å². The summed E-state index contributed by atoms with van der Waals surface area (Å²) in [4.78, 5) is 26.6. The summed E-state index contributed by atoms with van der Waals surface area (Å²) in [5, 5.41) is 13.4. The molecule has 0 atom stereocenters. The molecular weight excluding hydrogens is 334 g/mol. The third kappa shape index (κ3) is 3.94. The molecule has 0 aliphatic carbocycles. The van der Waals surface area contributed by atoms with Gasteiger partial charge in [-0.05, 0) is 35.9 Å². The molecule has 0 unspecified atom stereocenters. The Balaban J connectivity index is 1.69. The summed E-state index contributed by atoms with van der Waals surface area (Å²) < 4.78 is 5.68. The highest BCUT2D eigenvalue weighted by Gasteiger charge is 2.10. The topological polar surface area (TPSA) is 98.3 Å². The first-order chi connectivity index (χ1) is 12.4. The van der Waals surface area contributed by atoms with Crippen LogP contribution in [0, 0.1) is 10.1 Å². The van der Waals surface area contributed by atoms with Crippen LogP contribution in [0.4, 0.5) is 11.4 Å². The van der Waals surface area contributed by atoms with Gasteiger partial charge < -0.3 is 9.73 Å². The molecule has 3 rings (SSSR count). The van der Waals surface area contributed by atoms with Gasteiger partial charge in [0, 0.05) is 35.9 Å². The standard InChI is InChI=1S/C19H17N3O4/c1-12(2)19-21-16-9-6-14(11-17(16)26-19)20-18(23)10-5-13-3-7-15(8-4-13)22(24)25/h3-12H,1-2H3,(H,20,23)/b10-5+. The number of anilines is 1. The number of nitro groups is 1. The van der Waals surface area contributed by atoms with E-state index < -0.39 is 4.92 Å². The number of hydrogen-bond donors (Lipinski definition) is 1. The fraction of sp³-hybridized carbons (Fsp3) is 0.158. The highest BCUT2D eigenvalue weighted by atomic mass is 16.6. The van der Waals surface area contributed by atoms with E-state index in [4.69, 9.17) is 4.42 Å². The van der Waals surface area contributed by atoms with Crippen LogP contribution in [-0.4, -0.2) is 15.8 Å². The summed E-state index contributed by atoms with van der Waals surface area (Å²) in [5.41, 5.74) is 2.66. The maximum absolute atomic E-state index is 12.1. The van der Waals surface area contributed by atoms with Gasteiger partial charge in [0.05, 0.1) is 4.92 Å². The molecule has 0 radical (unpaired) electrons. The molecule has 1 amide bonds. The Hall–Kier alpha value is -3.48. The number of amides is 1. The summed E-state index contributed by atoms with van der Waals surface area (Å²) in [6, 6.07) is 11.2. The molecule has 0 saturated heterocycles. The number of rotatable bonds is 5. The average molecular weight is 351 g/mol. The highest BCUT2D eigenvalue weighted by Crippen LogP contribution is 2.24. The molecule has 7 heteroatoms. The third-order valence-electron chi connectivity index (χ3n) is 3.70. The van der Waals surface area contributed by atoms with Crippen LogP contribution in [0.3, 0.4) is 0 Å². The Morgan fingerprint density at radius 1 is 1.23 bits per heavy atom. The van der Waals surface area contributed by atoms with Crippen molar-refractivity contribution in [2.24, 2.45) is 0 Å². The molecule has 0 fully saturated rings. The molecule has 132 valence electrons. The Kier molecular flexibility index (Phi) is 4.79. The first-order valence-corrected chi connectivity index (χ1v) is 8.06. The predicted octanol–water partition coefficient (Wildman–Crippen LogP) is 4.51. The summed E-state index contributed by atoms with van der Waals surface area (Å²) in [6.45, 7) is 3.99. The minimum absolute atomic E-state index is 0.00716. The van der Waals surface area contributed by atoms with E-state index in [0.717, 1.165) is 5.52 Å².